The second-order valence-electron chi connectivity index (χ2n) is 6.30. The molecule has 0 saturated carbocycles. The Balaban J connectivity index is 1.29. The third kappa shape index (κ3) is 4.03. The van der Waals surface area contributed by atoms with E-state index in [-0.39, 0.29) is 12.0 Å². The summed E-state index contributed by atoms with van der Waals surface area (Å²) in [5.74, 6) is 0.0329. The molecular formula is C20H20N2O2S2. The predicted molar refractivity (Wildman–Crippen MR) is 106 cm³/mol. The van der Waals surface area contributed by atoms with Crippen LogP contribution >= 0.6 is 22.7 Å². The molecule has 0 unspecified atom stereocenters. The molecule has 0 radical (unpaired) electrons. The summed E-state index contributed by atoms with van der Waals surface area (Å²) >= 11 is 3.18. The lowest BCUT2D eigenvalue weighted by molar-refractivity contribution is -0.000489. The Morgan fingerprint density at radius 1 is 1.12 bits per heavy atom. The predicted octanol–water partition coefficient (Wildman–Crippen LogP) is 4.69. The topological polar surface area (TPSA) is 42.4 Å². The number of benzene rings is 1. The molecule has 2 aromatic heterocycles. The van der Waals surface area contributed by atoms with Crippen molar-refractivity contribution in [2.45, 2.75) is 25.6 Å². The number of hydrogen-bond acceptors (Lipinski definition) is 5. The molecule has 0 spiro atoms. The summed E-state index contributed by atoms with van der Waals surface area (Å²) in [7, 11) is 0. The average Bonchev–Trinajstić information content (AvgIpc) is 3.38. The molecule has 4 nitrogen and oxygen atoms in total. The standard InChI is InChI=1S/C20H20N2O2S2/c23-20(17-14-26-19(21-17)18-7-4-12-25-18)22-10-8-16(9-11-22)24-13-15-5-2-1-3-6-15/h1-7,12,14,16H,8-11,13H2. The van der Waals surface area contributed by atoms with Crippen molar-refractivity contribution in [3.8, 4) is 9.88 Å². The Bertz CT molecular complexity index is 838. The van der Waals surface area contributed by atoms with Crippen LogP contribution in [0.5, 0.6) is 0 Å². The van der Waals surface area contributed by atoms with Crippen molar-refractivity contribution in [3.05, 3.63) is 64.5 Å². The van der Waals surface area contributed by atoms with Gasteiger partial charge in [0, 0.05) is 18.5 Å². The molecule has 0 bridgehead atoms. The maximum absolute atomic E-state index is 12.7. The second-order valence-corrected chi connectivity index (χ2v) is 8.11. The SMILES string of the molecule is O=C(c1csc(-c2cccs2)n1)N1CCC(OCc2ccccc2)CC1. The lowest BCUT2D eigenvalue weighted by Crippen LogP contribution is -2.41. The first kappa shape index (κ1) is 17.4. The van der Waals surface area contributed by atoms with Crippen molar-refractivity contribution >= 4 is 28.6 Å². The molecule has 134 valence electrons. The quantitative estimate of drug-likeness (QED) is 0.641. The van der Waals surface area contributed by atoms with Gasteiger partial charge in [0.05, 0.1) is 17.6 Å². The van der Waals surface area contributed by atoms with Gasteiger partial charge in [0.2, 0.25) is 0 Å². The number of nitrogens with zero attached hydrogens (tertiary/aromatic N) is 2. The van der Waals surface area contributed by atoms with Gasteiger partial charge in [-0.15, -0.1) is 22.7 Å². The monoisotopic (exact) mass is 384 g/mol. The van der Waals surface area contributed by atoms with Crippen LogP contribution in [0.4, 0.5) is 0 Å². The Hall–Kier alpha value is -2.02. The van der Waals surface area contributed by atoms with Gasteiger partial charge in [-0.25, -0.2) is 4.98 Å². The van der Waals surface area contributed by atoms with E-state index in [0.717, 1.165) is 35.8 Å². The van der Waals surface area contributed by atoms with Crippen LogP contribution in [-0.4, -0.2) is 35.0 Å². The molecule has 1 aliphatic heterocycles. The molecule has 1 fully saturated rings. The van der Waals surface area contributed by atoms with Gasteiger partial charge in [0.25, 0.3) is 5.91 Å². The Morgan fingerprint density at radius 2 is 1.92 bits per heavy atom. The summed E-state index contributed by atoms with van der Waals surface area (Å²) in [5.41, 5.74) is 1.75. The number of thiophene rings is 1. The summed E-state index contributed by atoms with van der Waals surface area (Å²) in [6.07, 6.45) is 1.97. The number of likely N-dealkylation sites (tertiary alicyclic amines) is 1. The summed E-state index contributed by atoms with van der Waals surface area (Å²) < 4.78 is 6.01. The van der Waals surface area contributed by atoms with E-state index >= 15 is 0 Å². The number of thiazole rings is 1. The fourth-order valence-corrected chi connectivity index (χ4v) is 4.67. The third-order valence-electron chi connectivity index (χ3n) is 4.51. The molecule has 3 aromatic rings. The van der Waals surface area contributed by atoms with Gasteiger partial charge in [-0.05, 0) is 29.9 Å². The lowest BCUT2D eigenvalue weighted by atomic mass is 10.1. The number of carbonyl (C=O) groups is 1. The minimum atomic E-state index is 0.0329. The highest BCUT2D eigenvalue weighted by atomic mass is 32.1. The van der Waals surface area contributed by atoms with E-state index in [9.17, 15) is 4.79 Å². The van der Waals surface area contributed by atoms with Crippen LogP contribution < -0.4 is 0 Å². The van der Waals surface area contributed by atoms with E-state index < -0.39 is 0 Å². The van der Waals surface area contributed by atoms with Crippen molar-refractivity contribution in [1.82, 2.24) is 9.88 Å². The maximum atomic E-state index is 12.7. The summed E-state index contributed by atoms with van der Waals surface area (Å²) in [6, 6.07) is 14.3. The lowest BCUT2D eigenvalue weighted by Gasteiger charge is -2.31. The third-order valence-corrected chi connectivity index (χ3v) is 6.39. The van der Waals surface area contributed by atoms with Gasteiger partial charge in [-0.1, -0.05) is 36.4 Å². The van der Waals surface area contributed by atoms with E-state index in [2.05, 4.69) is 17.1 Å². The number of piperidine rings is 1. The first-order valence-corrected chi connectivity index (χ1v) is 10.5. The zero-order valence-corrected chi connectivity index (χ0v) is 16.0. The molecule has 4 rings (SSSR count). The number of hydrogen-bond donors (Lipinski definition) is 0. The van der Waals surface area contributed by atoms with Gasteiger partial charge in [0.1, 0.15) is 10.7 Å². The zero-order valence-electron chi connectivity index (χ0n) is 14.3. The molecule has 3 heterocycles. The fraction of sp³-hybridized carbons (Fsp3) is 0.300. The molecule has 6 heteroatoms. The summed E-state index contributed by atoms with van der Waals surface area (Å²) in [6.45, 7) is 2.09. The van der Waals surface area contributed by atoms with Gasteiger partial charge in [-0.2, -0.15) is 0 Å². The number of aromatic nitrogens is 1. The molecule has 1 saturated heterocycles. The molecule has 0 atom stereocenters. The van der Waals surface area contributed by atoms with Gasteiger partial charge >= 0.3 is 0 Å². The number of ether oxygens (including phenoxy) is 1. The van der Waals surface area contributed by atoms with Gasteiger partial charge in [-0.3, -0.25) is 4.79 Å². The second kappa shape index (κ2) is 8.12. The van der Waals surface area contributed by atoms with Crippen molar-refractivity contribution < 1.29 is 9.53 Å². The van der Waals surface area contributed by atoms with Crippen LogP contribution in [-0.2, 0) is 11.3 Å². The van der Waals surface area contributed by atoms with Crippen LogP contribution in [0.3, 0.4) is 0 Å². The van der Waals surface area contributed by atoms with Crippen molar-refractivity contribution in [2.75, 3.05) is 13.1 Å². The summed E-state index contributed by atoms with van der Waals surface area (Å²) in [5, 5.41) is 4.82. The maximum Gasteiger partial charge on any atom is 0.273 e. The van der Waals surface area contributed by atoms with Gasteiger partial charge in [0.15, 0.2) is 0 Å². The van der Waals surface area contributed by atoms with E-state index in [0.29, 0.717) is 12.3 Å². The molecule has 1 amide bonds. The molecule has 1 aromatic carbocycles. The smallest absolute Gasteiger partial charge is 0.273 e. The molecular weight excluding hydrogens is 364 g/mol. The van der Waals surface area contributed by atoms with Crippen molar-refractivity contribution in [2.24, 2.45) is 0 Å². The molecule has 0 aliphatic carbocycles. The van der Waals surface area contributed by atoms with Crippen LogP contribution in [0.2, 0.25) is 0 Å². The highest BCUT2D eigenvalue weighted by molar-refractivity contribution is 7.20. The number of amides is 1. The molecule has 1 aliphatic rings. The minimum absolute atomic E-state index is 0.0329. The first-order valence-electron chi connectivity index (χ1n) is 8.74. The van der Waals surface area contributed by atoms with Crippen LogP contribution in [0.15, 0.2) is 53.2 Å². The van der Waals surface area contributed by atoms with Crippen LogP contribution in [0, 0.1) is 0 Å². The van der Waals surface area contributed by atoms with Gasteiger partial charge < -0.3 is 9.64 Å². The van der Waals surface area contributed by atoms with E-state index in [1.165, 1.54) is 16.9 Å². The fourth-order valence-electron chi connectivity index (χ4n) is 3.06. The average molecular weight is 385 g/mol. The van der Waals surface area contributed by atoms with Crippen LogP contribution in [0.1, 0.15) is 28.9 Å². The van der Waals surface area contributed by atoms with E-state index in [1.54, 1.807) is 11.3 Å². The number of rotatable bonds is 5. The minimum Gasteiger partial charge on any atom is -0.373 e. The highest BCUT2D eigenvalue weighted by Crippen LogP contribution is 2.28. The summed E-state index contributed by atoms with van der Waals surface area (Å²) in [4.78, 5) is 20.2. The number of carbonyl (C=O) groups excluding carboxylic acids is 1. The van der Waals surface area contributed by atoms with E-state index in [4.69, 9.17) is 4.74 Å². The normalized spacial score (nSPS) is 15.3. The van der Waals surface area contributed by atoms with Crippen molar-refractivity contribution in [1.29, 1.82) is 0 Å². The molecule has 26 heavy (non-hydrogen) atoms. The zero-order chi connectivity index (χ0) is 17.8. The Labute approximate surface area is 161 Å². The van der Waals surface area contributed by atoms with Crippen LogP contribution in [0.25, 0.3) is 9.88 Å². The van der Waals surface area contributed by atoms with Crippen molar-refractivity contribution in [3.63, 3.8) is 0 Å². The highest BCUT2D eigenvalue weighted by Gasteiger charge is 2.25. The Kier molecular flexibility index (Phi) is 5.43. The Morgan fingerprint density at radius 3 is 2.65 bits per heavy atom. The molecule has 0 N–H and O–H groups in total. The van der Waals surface area contributed by atoms with E-state index in [1.807, 2.05) is 46.0 Å². The first-order chi connectivity index (χ1) is 12.8. The largest absolute Gasteiger partial charge is 0.373 e.